The van der Waals surface area contributed by atoms with Crippen LogP contribution in [0.3, 0.4) is 0 Å². The number of hydrogen-bond donors (Lipinski definition) is 1. The molecule has 0 fully saturated rings. The van der Waals surface area contributed by atoms with Crippen LogP contribution in [0.4, 0.5) is 0 Å². The Labute approximate surface area is 160 Å². The summed E-state index contributed by atoms with van der Waals surface area (Å²) in [7, 11) is 0. The Morgan fingerprint density at radius 2 is 0.720 bits per heavy atom. The normalized spacial score (nSPS) is 13.9. The van der Waals surface area contributed by atoms with Crippen molar-refractivity contribution in [3.05, 3.63) is 0 Å². The molecule has 0 heterocycles. The van der Waals surface area contributed by atoms with Crippen molar-refractivity contribution in [3.8, 4) is 0 Å². The van der Waals surface area contributed by atoms with Crippen LogP contribution in [-0.4, -0.2) is 10.7 Å². The van der Waals surface area contributed by atoms with Gasteiger partial charge in [-0.3, -0.25) is 0 Å². The lowest BCUT2D eigenvalue weighted by Crippen LogP contribution is -2.27. The summed E-state index contributed by atoms with van der Waals surface area (Å²) in [6.45, 7) is 6.69. The Bertz CT molecular complexity index is 250. The largest absolute Gasteiger partial charge is 0.390 e. The maximum absolute atomic E-state index is 10.7. The zero-order valence-electron chi connectivity index (χ0n) is 18.1. The lowest BCUT2D eigenvalue weighted by Gasteiger charge is -2.27. The maximum atomic E-state index is 10.7. The molecular weight excluding hydrogens is 304 g/mol. The minimum Gasteiger partial charge on any atom is -0.390 e. The third-order valence-corrected chi connectivity index (χ3v) is 5.90. The molecular formula is C24H50O. The van der Waals surface area contributed by atoms with Crippen LogP contribution in [-0.2, 0) is 0 Å². The molecule has 0 aliphatic heterocycles. The zero-order chi connectivity index (χ0) is 18.6. The fourth-order valence-electron chi connectivity index (χ4n) is 3.83. The first-order chi connectivity index (χ1) is 12.2. The molecule has 25 heavy (non-hydrogen) atoms. The lowest BCUT2D eigenvalue weighted by molar-refractivity contribution is 0.0140. The predicted molar refractivity (Wildman–Crippen MR) is 114 cm³/mol. The average molecular weight is 355 g/mol. The SMILES string of the molecule is CCCCCCCCCCCCCCCC(O)(CC)CCCCCC. The van der Waals surface area contributed by atoms with Crippen molar-refractivity contribution in [2.75, 3.05) is 0 Å². The van der Waals surface area contributed by atoms with Gasteiger partial charge in [-0.25, -0.2) is 0 Å². The van der Waals surface area contributed by atoms with Gasteiger partial charge in [0, 0.05) is 0 Å². The van der Waals surface area contributed by atoms with Crippen molar-refractivity contribution < 1.29 is 5.11 Å². The van der Waals surface area contributed by atoms with Gasteiger partial charge < -0.3 is 5.11 Å². The summed E-state index contributed by atoms with van der Waals surface area (Å²) in [5.74, 6) is 0. The summed E-state index contributed by atoms with van der Waals surface area (Å²) in [6, 6.07) is 0. The fraction of sp³-hybridized carbons (Fsp3) is 1.00. The van der Waals surface area contributed by atoms with E-state index in [0.29, 0.717) is 0 Å². The molecule has 152 valence electrons. The molecule has 1 unspecified atom stereocenters. The Morgan fingerprint density at radius 1 is 0.440 bits per heavy atom. The molecule has 1 atom stereocenters. The van der Waals surface area contributed by atoms with E-state index in [1.807, 2.05) is 0 Å². The molecule has 1 heteroatoms. The van der Waals surface area contributed by atoms with Crippen LogP contribution in [0.15, 0.2) is 0 Å². The zero-order valence-corrected chi connectivity index (χ0v) is 18.1. The first kappa shape index (κ1) is 25.0. The van der Waals surface area contributed by atoms with Crippen LogP contribution >= 0.6 is 0 Å². The average Bonchev–Trinajstić information content (AvgIpc) is 2.63. The van der Waals surface area contributed by atoms with Crippen molar-refractivity contribution in [3.63, 3.8) is 0 Å². The van der Waals surface area contributed by atoms with E-state index in [1.54, 1.807) is 0 Å². The highest BCUT2D eigenvalue weighted by Gasteiger charge is 2.22. The van der Waals surface area contributed by atoms with Gasteiger partial charge in [0.05, 0.1) is 5.60 Å². The summed E-state index contributed by atoms with van der Waals surface area (Å²) in [4.78, 5) is 0. The van der Waals surface area contributed by atoms with Crippen LogP contribution in [0, 0.1) is 0 Å². The first-order valence-corrected chi connectivity index (χ1v) is 11.9. The Morgan fingerprint density at radius 3 is 1.04 bits per heavy atom. The first-order valence-electron chi connectivity index (χ1n) is 11.9. The summed E-state index contributed by atoms with van der Waals surface area (Å²) >= 11 is 0. The molecule has 0 spiro atoms. The van der Waals surface area contributed by atoms with Gasteiger partial charge in [-0.05, 0) is 19.3 Å². The molecule has 0 aromatic rings. The van der Waals surface area contributed by atoms with Gasteiger partial charge in [-0.2, -0.15) is 0 Å². The van der Waals surface area contributed by atoms with E-state index >= 15 is 0 Å². The molecule has 0 aromatic carbocycles. The topological polar surface area (TPSA) is 20.2 Å². The van der Waals surface area contributed by atoms with Crippen molar-refractivity contribution in [2.24, 2.45) is 0 Å². The second kappa shape index (κ2) is 18.7. The van der Waals surface area contributed by atoms with E-state index in [9.17, 15) is 5.11 Å². The molecule has 0 amide bonds. The second-order valence-electron chi connectivity index (χ2n) is 8.38. The van der Waals surface area contributed by atoms with Gasteiger partial charge in [-0.15, -0.1) is 0 Å². The molecule has 1 nitrogen and oxygen atoms in total. The van der Waals surface area contributed by atoms with E-state index in [0.717, 1.165) is 19.3 Å². The quantitative estimate of drug-likeness (QED) is 0.217. The molecule has 0 radical (unpaired) electrons. The third-order valence-electron chi connectivity index (χ3n) is 5.90. The van der Waals surface area contributed by atoms with E-state index in [1.165, 1.54) is 109 Å². The van der Waals surface area contributed by atoms with Crippen LogP contribution in [0.5, 0.6) is 0 Å². The van der Waals surface area contributed by atoms with Crippen molar-refractivity contribution >= 4 is 0 Å². The standard InChI is InChI=1S/C24H50O/c1-4-7-9-11-12-13-14-15-16-17-18-19-21-23-24(25,6-3)22-20-10-8-5-2/h25H,4-23H2,1-3H3. The molecule has 0 rings (SSSR count). The highest BCUT2D eigenvalue weighted by Crippen LogP contribution is 2.26. The van der Waals surface area contributed by atoms with Crippen LogP contribution in [0.1, 0.15) is 149 Å². The van der Waals surface area contributed by atoms with Gasteiger partial charge >= 0.3 is 0 Å². The van der Waals surface area contributed by atoms with E-state index < -0.39 is 0 Å². The van der Waals surface area contributed by atoms with Crippen molar-refractivity contribution in [2.45, 2.75) is 155 Å². The molecule has 0 aliphatic carbocycles. The Balaban J connectivity index is 3.37. The van der Waals surface area contributed by atoms with E-state index in [4.69, 9.17) is 0 Å². The minimum absolute atomic E-state index is 0.370. The van der Waals surface area contributed by atoms with Gasteiger partial charge in [0.25, 0.3) is 0 Å². The van der Waals surface area contributed by atoms with E-state index in [-0.39, 0.29) is 5.60 Å². The highest BCUT2D eigenvalue weighted by atomic mass is 16.3. The predicted octanol–water partition coefficient (Wildman–Crippen LogP) is 8.58. The number of rotatable bonds is 20. The smallest absolute Gasteiger partial charge is 0.0645 e. The molecule has 0 aliphatic rings. The second-order valence-corrected chi connectivity index (χ2v) is 8.38. The van der Waals surface area contributed by atoms with Gasteiger partial charge in [0.2, 0.25) is 0 Å². The van der Waals surface area contributed by atoms with Crippen LogP contribution < -0.4 is 0 Å². The fourth-order valence-corrected chi connectivity index (χ4v) is 3.83. The maximum Gasteiger partial charge on any atom is 0.0645 e. The molecule has 0 bridgehead atoms. The van der Waals surface area contributed by atoms with Gasteiger partial charge in [0.15, 0.2) is 0 Å². The molecule has 1 N–H and O–H groups in total. The van der Waals surface area contributed by atoms with Crippen LogP contribution in [0.25, 0.3) is 0 Å². The molecule has 0 saturated carbocycles. The highest BCUT2D eigenvalue weighted by molar-refractivity contribution is 4.76. The Hall–Kier alpha value is -0.0400. The summed E-state index contributed by atoms with van der Waals surface area (Å²) in [5, 5.41) is 10.7. The summed E-state index contributed by atoms with van der Waals surface area (Å²) in [5.41, 5.74) is -0.370. The molecule has 0 saturated heterocycles. The lowest BCUT2D eigenvalue weighted by atomic mass is 9.87. The summed E-state index contributed by atoms with van der Waals surface area (Å²) in [6.07, 6.45) is 26.2. The van der Waals surface area contributed by atoms with Gasteiger partial charge in [-0.1, -0.05) is 130 Å². The molecule has 0 aromatic heterocycles. The third kappa shape index (κ3) is 17.1. The minimum atomic E-state index is -0.370. The monoisotopic (exact) mass is 354 g/mol. The summed E-state index contributed by atoms with van der Waals surface area (Å²) < 4.78 is 0. The van der Waals surface area contributed by atoms with Crippen LogP contribution in [0.2, 0.25) is 0 Å². The van der Waals surface area contributed by atoms with Crippen molar-refractivity contribution in [1.82, 2.24) is 0 Å². The van der Waals surface area contributed by atoms with Gasteiger partial charge in [0.1, 0.15) is 0 Å². The number of unbranched alkanes of at least 4 members (excludes halogenated alkanes) is 15. The number of aliphatic hydroxyl groups is 1. The van der Waals surface area contributed by atoms with Crippen molar-refractivity contribution in [1.29, 1.82) is 0 Å². The van der Waals surface area contributed by atoms with E-state index in [2.05, 4.69) is 20.8 Å². The number of hydrogen-bond acceptors (Lipinski definition) is 1. The Kier molecular flexibility index (Phi) is 18.7.